The lowest BCUT2D eigenvalue weighted by Crippen LogP contribution is -2.22. The molecule has 1 aromatic carbocycles. The van der Waals surface area contributed by atoms with Gasteiger partial charge in [0.1, 0.15) is 11.5 Å². The highest BCUT2D eigenvalue weighted by atomic mass is 16.5. The molecule has 0 aliphatic rings. The Labute approximate surface area is 249 Å². The minimum absolute atomic E-state index is 0.171. The smallest absolute Gasteiger partial charge is 0.330 e. The summed E-state index contributed by atoms with van der Waals surface area (Å²) < 4.78 is 16.3. The van der Waals surface area contributed by atoms with E-state index in [1.54, 1.807) is 33.1 Å². The Kier molecular flexibility index (Phi) is 15.9. The Morgan fingerprint density at radius 1 is 0.780 bits per heavy atom. The topological polar surface area (TPSA) is 82.1 Å². The van der Waals surface area contributed by atoms with E-state index in [2.05, 4.69) is 41.5 Å². The van der Waals surface area contributed by atoms with Gasteiger partial charge < -0.3 is 19.3 Å². The Balaban J connectivity index is 2.73. The second-order valence-corrected chi connectivity index (χ2v) is 12.7. The Morgan fingerprint density at radius 3 is 1.63 bits per heavy atom. The van der Waals surface area contributed by atoms with E-state index >= 15 is 0 Å². The lowest BCUT2D eigenvalue weighted by Gasteiger charge is -2.32. The molecule has 0 saturated heterocycles. The summed E-state index contributed by atoms with van der Waals surface area (Å²) in [7, 11) is 1.70. The molecule has 2 atom stereocenters. The molecule has 0 fully saturated rings. The molecule has 1 aromatic rings. The molecule has 6 nitrogen and oxygen atoms in total. The van der Waals surface area contributed by atoms with Crippen molar-refractivity contribution in [3.8, 4) is 11.5 Å². The van der Waals surface area contributed by atoms with Crippen LogP contribution in [0.2, 0.25) is 0 Å². The lowest BCUT2D eigenvalue weighted by atomic mass is 9.75. The zero-order valence-corrected chi connectivity index (χ0v) is 27.2. The number of carbonyl (C=O) groups excluding carboxylic acids is 2. The molecule has 0 radical (unpaired) electrons. The van der Waals surface area contributed by atoms with Gasteiger partial charge >= 0.3 is 11.9 Å². The normalized spacial score (nSPS) is 13.9. The first-order chi connectivity index (χ1) is 19.3. The summed E-state index contributed by atoms with van der Waals surface area (Å²) in [6.07, 6.45) is 13.9. The Bertz CT molecular complexity index is 1000. The van der Waals surface area contributed by atoms with Gasteiger partial charge in [0, 0.05) is 23.3 Å². The SMILES string of the molecule is C/C=C/C(=O)OCCC(C)CCCC(C)(C)c1cc(OC)c(C(C)(C)CCCC(C)CCOC(=O)/C=C/C)cc1O. The number of carbonyl (C=O) groups is 2. The van der Waals surface area contributed by atoms with Crippen LogP contribution in [0.25, 0.3) is 0 Å². The van der Waals surface area contributed by atoms with E-state index in [0.717, 1.165) is 68.2 Å². The molecule has 0 aliphatic heterocycles. The van der Waals surface area contributed by atoms with Gasteiger partial charge in [-0.3, -0.25) is 0 Å². The number of phenols is 1. The number of rotatable bonds is 19. The zero-order valence-electron chi connectivity index (χ0n) is 27.2. The van der Waals surface area contributed by atoms with Crippen LogP contribution >= 0.6 is 0 Å². The van der Waals surface area contributed by atoms with Gasteiger partial charge in [-0.15, -0.1) is 0 Å². The predicted molar refractivity (Wildman–Crippen MR) is 168 cm³/mol. The van der Waals surface area contributed by atoms with Gasteiger partial charge in [0.05, 0.1) is 20.3 Å². The van der Waals surface area contributed by atoms with Crippen LogP contribution in [0, 0.1) is 11.8 Å². The van der Waals surface area contributed by atoms with Crippen molar-refractivity contribution in [1.82, 2.24) is 0 Å². The summed E-state index contributed by atoms with van der Waals surface area (Å²) in [6.45, 7) is 17.6. The van der Waals surface area contributed by atoms with Crippen molar-refractivity contribution in [2.24, 2.45) is 11.8 Å². The largest absolute Gasteiger partial charge is 0.508 e. The van der Waals surface area contributed by atoms with E-state index < -0.39 is 0 Å². The fourth-order valence-electron chi connectivity index (χ4n) is 5.24. The average Bonchev–Trinajstić information content (AvgIpc) is 2.88. The van der Waals surface area contributed by atoms with Crippen LogP contribution in [0.4, 0.5) is 0 Å². The van der Waals surface area contributed by atoms with E-state index in [1.165, 1.54) is 12.2 Å². The summed E-state index contributed by atoms with van der Waals surface area (Å²) in [6, 6.07) is 3.93. The monoisotopic (exact) mass is 572 g/mol. The molecule has 0 heterocycles. The quantitative estimate of drug-likeness (QED) is 0.132. The fraction of sp³-hybridized carbons (Fsp3) is 0.657. The Morgan fingerprint density at radius 2 is 1.22 bits per heavy atom. The van der Waals surface area contributed by atoms with Crippen LogP contribution < -0.4 is 4.74 Å². The summed E-state index contributed by atoms with van der Waals surface area (Å²) in [4.78, 5) is 23.0. The summed E-state index contributed by atoms with van der Waals surface area (Å²) >= 11 is 0. The first-order valence-electron chi connectivity index (χ1n) is 15.3. The van der Waals surface area contributed by atoms with Crippen molar-refractivity contribution >= 4 is 11.9 Å². The van der Waals surface area contributed by atoms with E-state index in [1.807, 2.05) is 12.1 Å². The second kappa shape index (κ2) is 17.9. The zero-order chi connectivity index (χ0) is 31.1. The number of aromatic hydroxyl groups is 1. The third-order valence-electron chi connectivity index (χ3n) is 8.09. The summed E-state index contributed by atoms with van der Waals surface area (Å²) in [5.74, 6) is 1.47. The molecule has 232 valence electrons. The molecule has 1 rings (SSSR count). The number of esters is 2. The number of ether oxygens (including phenoxy) is 3. The molecule has 1 N–H and O–H groups in total. The van der Waals surface area contributed by atoms with Gasteiger partial charge in [0.15, 0.2) is 0 Å². The standard InChI is InChI=1S/C35H56O6/c1-10-14-32(37)40-22-18-26(3)16-12-20-34(5,6)28-25-31(39-9)29(24-30(28)36)35(7,8)21-13-17-27(4)19-23-41-33(38)15-11-2/h10-11,14-15,24-27,36H,12-13,16-23H2,1-9H3/b14-10+,15-11+. The molecular formula is C35H56O6. The average molecular weight is 573 g/mol. The van der Waals surface area contributed by atoms with Crippen molar-refractivity contribution in [2.45, 2.75) is 118 Å². The summed E-state index contributed by atoms with van der Waals surface area (Å²) in [5.41, 5.74) is 1.54. The van der Waals surface area contributed by atoms with Gasteiger partial charge in [0.25, 0.3) is 0 Å². The molecular weight excluding hydrogens is 516 g/mol. The Hall–Kier alpha value is -2.76. The van der Waals surface area contributed by atoms with Crippen molar-refractivity contribution in [3.05, 3.63) is 47.6 Å². The van der Waals surface area contributed by atoms with Crippen LogP contribution in [0.5, 0.6) is 11.5 Å². The van der Waals surface area contributed by atoms with Gasteiger partial charge in [-0.25, -0.2) is 9.59 Å². The molecule has 2 unspecified atom stereocenters. The van der Waals surface area contributed by atoms with Crippen LogP contribution in [0.1, 0.15) is 118 Å². The highest BCUT2D eigenvalue weighted by Gasteiger charge is 2.30. The van der Waals surface area contributed by atoms with Crippen LogP contribution in [-0.2, 0) is 29.9 Å². The highest BCUT2D eigenvalue weighted by molar-refractivity contribution is 5.82. The molecule has 0 amide bonds. The number of phenolic OH excluding ortho intramolecular Hbond substituents is 1. The highest BCUT2D eigenvalue weighted by Crippen LogP contribution is 2.44. The minimum atomic E-state index is -0.286. The van der Waals surface area contributed by atoms with E-state index in [-0.39, 0.29) is 22.8 Å². The molecule has 6 heteroatoms. The molecule has 41 heavy (non-hydrogen) atoms. The van der Waals surface area contributed by atoms with E-state index in [9.17, 15) is 14.7 Å². The molecule has 0 spiro atoms. The minimum Gasteiger partial charge on any atom is -0.508 e. The maximum Gasteiger partial charge on any atom is 0.330 e. The lowest BCUT2D eigenvalue weighted by molar-refractivity contribution is -0.139. The first kappa shape index (κ1) is 36.3. The maximum absolute atomic E-state index is 11.5. The van der Waals surface area contributed by atoms with E-state index in [0.29, 0.717) is 30.8 Å². The number of methoxy groups -OCH3 is 1. The molecule has 0 saturated carbocycles. The third kappa shape index (κ3) is 13.2. The van der Waals surface area contributed by atoms with Gasteiger partial charge in [0.2, 0.25) is 0 Å². The van der Waals surface area contributed by atoms with Gasteiger partial charge in [-0.1, -0.05) is 79.4 Å². The fourth-order valence-corrected chi connectivity index (χ4v) is 5.24. The maximum atomic E-state index is 11.5. The second-order valence-electron chi connectivity index (χ2n) is 12.7. The number of allylic oxidation sites excluding steroid dienone is 2. The van der Waals surface area contributed by atoms with Crippen LogP contribution in [-0.4, -0.2) is 37.4 Å². The van der Waals surface area contributed by atoms with E-state index in [4.69, 9.17) is 14.2 Å². The molecule has 0 aromatic heterocycles. The van der Waals surface area contributed by atoms with Crippen molar-refractivity contribution in [2.75, 3.05) is 20.3 Å². The van der Waals surface area contributed by atoms with Crippen molar-refractivity contribution in [1.29, 1.82) is 0 Å². The molecule has 0 bridgehead atoms. The van der Waals surface area contributed by atoms with Gasteiger partial charge in [-0.05, 0) is 74.3 Å². The summed E-state index contributed by atoms with van der Waals surface area (Å²) in [5, 5.41) is 11.2. The number of hydrogen-bond donors (Lipinski definition) is 1. The predicted octanol–water partition coefficient (Wildman–Crippen LogP) is 8.59. The van der Waals surface area contributed by atoms with Crippen LogP contribution in [0.15, 0.2) is 36.4 Å². The molecule has 0 aliphatic carbocycles. The third-order valence-corrected chi connectivity index (χ3v) is 8.09. The van der Waals surface area contributed by atoms with Gasteiger partial charge in [-0.2, -0.15) is 0 Å². The number of hydrogen-bond acceptors (Lipinski definition) is 6. The van der Waals surface area contributed by atoms with Crippen molar-refractivity contribution < 1.29 is 28.9 Å². The van der Waals surface area contributed by atoms with Crippen LogP contribution in [0.3, 0.4) is 0 Å². The van der Waals surface area contributed by atoms with Crippen molar-refractivity contribution in [3.63, 3.8) is 0 Å². The first-order valence-corrected chi connectivity index (χ1v) is 15.3. The number of benzene rings is 1.